The number of hydrogen-bond donors (Lipinski definition) is 1. The molecule has 0 saturated heterocycles. The molecule has 1 aromatic rings. The summed E-state index contributed by atoms with van der Waals surface area (Å²) in [4.78, 5) is 10.5. The highest BCUT2D eigenvalue weighted by Gasteiger charge is 2.02. The number of rotatable bonds is 5. The number of carbonyl (C=O) groups is 1. The molecule has 0 aliphatic heterocycles. The Morgan fingerprint density at radius 2 is 2.25 bits per heavy atom. The van der Waals surface area contributed by atoms with Crippen LogP contribution in [0, 0.1) is 12.7 Å². The molecular formula is C12H16FNO2. The summed E-state index contributed by atoms with van der Waals surface area (Å²) >= 11 is 0. The fraction of sp³-hybridized carbons (Fsp3) is 0.417. The molecule has 3 nitrogen and oxygen atoms in total. The highest BCUT2D eigenvalue weighted by molar-refractivity contribution is 5.65. The lowest BCUT2D eigenvalue weighted by Crippen LogP contribution is -2.08. The van der Waals surface area contributed by atoms with Crippen LogP contribution in [0.4, 0.5) is 10.1 Å². The van der Waals surface area contributed by atoms with Crippen LogP contribution >= 0.6 is 0 Å². The van der Waals surface area contributed by atoms with Gasteiger partial charge in [0.25, 0.3) is 0 Å². The van der Waals surface area contributed by atoms with Gasteiger partial charge in [-0.2, -0.15) is 0 Å². The van der Waals surface area contributed by atoms with Crippen molar-refractivity contribution in [1.29, 1.82) is 0 Å². The zero-order valence-electron chi connectivity index (χ0n) is 9.55. The number of halogens is 1. The van der Waals surface area contributed by atoms with Gasteiger partial charge >= 0.3 is 5.97 Å². The van der Waals surface area contributed by atoms with Crippen molar-refractivity contribution in [1.82, 2.24) is 0 Å². The number of nitrogens with one attached hydrogen (secondary N) is 1. The maximum atomic E-state index is 13.2. The lowest BCUT2D eigenvalue weighted by Gasteiger charge is -2.09. The Hall–Kier alpha value is -1.58. The van der Waals surface area contributed by atoms with Crippen LogP contribution in [-0.2, 0) is 9.53 Å². The van der Waals surface area contributed by atoms with Crippen molar-refractivity contribution in [3.05, 3.63) is 29.6 Å². The summed E-state index contributed by atoms with van der Waals surface area (Å²) in [6.45, 7) is 4.14. The second-order valence-corrected chi connectivity index (χ2v) is 3.53. The van der Waals surface area contributed by atoms with E-state index in [1.807, 2.05) is 6.07 Å². The van der Waals surface area contributed by atoms with Gasteiger partial charge in [-0.15, -0.1) is 0 Å². The van der Waals surface area contributed by atoms with Crippen molar-refractivity contribution in [2.75, 3.05) is 18.5 Å². The quantitative estimate of drug-likeness (QED) is 0.618. The van der Waals surface area contributed by atoms with Crippen LogP contribution in [-0.4, -0.2) is 19.1 Å². The normalized spacial score (nSPS) is 9.94. The molecule has 88 valence electrons. The first-order chi connectivity index (χ1) is 7.61. The van der Waals surface area contributed by atoms with E-state index >= 15 is 0 Å². The number of carbonyl (C=O) groups excluding carboxylic acids is 1. The third-order valence-electron chi connectivity index (χ3n) is 2.21. The minimum atomic E-state index is -0.276. The van der Waals surface area contributed by atoms with Gasteiger partial charge in [0.15, 0.2) is 0 Å². The Labute approximate surface area is 94.6 Å². The van der Waals surface area contributed by atoms with Crippen LogP contribution in [0.2, 0.25) is 0 Å². The van der Waals surface area contributed by atoms with Gasteiger partial charge in [-0.25, -0.2) is 4.39 Å². The molecular weight excluding hydrogens is 209 g/mol. The molecule has 1 rings (SSSR count). The fourth-order valence-electron chi connectivity index (χ4n) is 1.31. The second kappa shape index (κ2) is 6.10. The summed E-state index contributed by atoms with van der Waals surface area (Å²) in [5.41, 5.74) is 1.39. The van der Waals surface area contributed by atoms with Crippen LogP contribution < -0.4 is 5.32 Å². The van der Waals surface area contributed by atoms with Crippen molar-refractivity contribution in [2.24, 2.45) is 0 Å². The van der Waals surface area contributed by atoms with Gasteiger partial charge in [-0.1, -0.05) is 6.07 Å². The highest BCUT2D eigenvalue weighted by Crippen LogP contribution is 2.16. The van der Waals surface area contributed by atoms with E-state index in [1.165, 1.54) is 13.0 Å². The first kappa shape index (κ1) is 12.5. The second-order valence-electron chi connectivity index (χ2n) is 3.53. The van der Waals surface area contributed by atoms with E-state index in [1.54, 1.807) is 13.0 Å². The molecule has 0 aliphatic rings. The van der Waals surface area contributed by atoms with Gasteiger partial charge in [0, 0.05) is 24.7 Å². The molecule has 0 radical (unpaired) electrons. The molecule has 0 fully saturated rings. The topological polar surface area (TPSA) is 38.3 Å². The summed E-state index contributed by atoms with van der Waals surface area (Å²) in [6.07, 6.45) is 0.704. The standard InChI is InChI=1S/C12H16FNO2/c1-9-11(13)5-3-6-12(9)14-7-4-8-16-10(2)15/h3,5-6,14H,4,7-8H2,1-2H3. The van der Waals surface area contributed by atoms with E-state index < -0.39 is 0 Å². The molecule has 1 aromatic carbocycles. The van der Waals surface area contributed by atoms with Crippen molar-refractivity contribution in [2.45, 2.75) is 20.3 Å². The molecule has 16 heavy (non-hydrogen) atoms. The van der Waals surface area contributed by atoms with E-state index in [0.29, 0.717) is 25.1 Å². The van der Waals surface area contributed by atoms with E-state index in [2.05, 4.69) is 5.32 Å². The number of hydrogen-bond acceptors (Lipinski definition) is 3. The summed E-state index contributed by atoms with van der Waals surface area (Å²) < 4.78 is 17.9. The van der Waals surface area contributed by atoms with Gasteiger partial charge in [0.2, 0.25) is 0 Å². The van der Waals surface area contributed by atoms with Crippen LogP contribution in [0.5, 0.6) is 0 Å². The molecule has 1 N–H and O–H groups in total. The number of anilines is 1. The first-order valence-electron chi connectivity index (χ1n) is 5.23. The van der Waals surface area contributed by atoms with Gasteiger partial charge in [0.1, 0.15) is 5.82 Å². The maximum absolute atomic E-state index is 13.2. The third kappa shape index (κ3) is 3.88. The Morgan fingerprint density at radius 3 is 2.94 bits per heavy atom. The van der Waals surface area contributed by atoms with Gasteiger partial charge < -0.3 is 10.1 Å². The minimum Gasteiger partial charge on any atom is -0.466 e. The maximum Gasteiger partial charge on any atom is 0.302 e. The molecule has 0 bridgehead atoms. The molecule has 0 atom stereocenters. The Balaban J connectivity index is 2.32. The predicted molar refractivity (Wildman–Crippen MR) is 60.9 cm³/mol. The minimum absolute atomic E-state index is 0.218. The van der Waals surface area contributed by atoms with Crippen molar-refractivity contribution < 1.29 is 13.9 Å². The zero-order valence-corrected chi connectivity index (χ0v) is 9.55. The Bertz CT molecular complexity index is 366. The highest BCUT2D eigenvalue weighted by atomic mass is 19.1. The molecule has 0 aromatic heterocycles. The zero-order chi connectivity index (χ0) is 12.0. The van der Waals surface area contributed by atoms with Gasteiger partial charge in [0.05, 0.1) is 6.61 Å². The Kier molecular flexibility index (Phi) is 4.76. The molecule has 0 unspecified atom stereocenters. The van der Waals surface area contributed by atoms with Crippen molar-refractivity contribution >= 4 is 11.7 Å². The van der Waals surface area contributed by atoms with Gasteiger partial charge in [-0.3, -0.25) is 4.79 Å². The largest absolute Gasteiger partial charge is 0.466 e. The number of benzene rings is 1. The van der Waals surface area contributed by atoms with E-state index in [-0.39, 0.29) is 11.8 Å². The lowest BCUT2D eigenvalue weighted by molar-refractivity contribution is -0.140. The van der Waals surface area contributed by atoms with E-state index in [0.717, 1.165) is 5.69 Å². The van der Waals surface area contributed by atoms with Crippen molar-refractivity contribution in [3.63, 3.8) is 0 Å². The molecule has 0 aliphatic carbocycles. The van der Waals surface area contributed by atoms with Crippen molar-refractivity contribution in [3.8, 4) is 0 Å². The average molecular weight is 225 g/mol. The molecule has 0 heterocycles. The number of ether oxygens (including phenoxy) is 1. The van der Waals surface area contributed by atoms with E-state index in [4.69, 9.17) is 4.74 Å². The molecule has 0 amide bonds. The smallest absolute Gasteiger partial charge is 0.302 e. The average Bonchev–Trinajstić information content (AvgIpc) is 2.23. The summed E-state index contributed by atoms with van der Waals surface area (Å²) in [5.74, 6) is -0.494. The fourth-order valence-corrected chi connectivity index (χ4v) is 1.31. The summed E-state index contributed by atoms with van der Waals surface area (Å²) in [6, 6.07) is 4.92. The SMILES string of the molecule is CC(=O)OCCCNc1cccc(F)c1C. The Morgan fingerprint density at radius 1 is 1.50 bits per heavy atom. The molecule has 0 spiro atoms. The number of esters is 1. The summed E-state index contributed by atoms with van der Waals surface area (Å²) in [7, 11) is 0. The third-order valence-corrected chi connectivity index (χ3v) is 2.21. The van der Waals surface area contributed by atoms with E-state index in [9.17, 15) is 9.18 Å². The summed E-state index contributed by atoms with van der Waals surface area (Å²) in [5, 5.41) is 3.10. The van der Waals surface area contributed by atoms with Crippen LogP contribution in [0.3, 0.4) is 0 Å². The van der Waals surface area contributed by atoms with Crippen LogP contribution in [0.25, 0.3) is 0 Å². The molecule has 0 saturated carbocycles. The van der Waals surface area contributed by atoms with Crippen LogP contribution in [0.15, 0.2) is 18.2 Å². The lowest BCUT2D eigenvalue weighted by atomic mass is 10.2. The van der Waals surface area contributed by atoms with Crippen LogP contribution in [0.1, 0.15) is 18.9 Å². The first-order valence-corrected chi connectivity index (χ1v) is 5.23. The predicted octanol–water partition coefficient (Wildman–Crippen LogP) is 2.50. The van der Waals surface area contributed by atoms with Gasteiger partial charge in [-0.05, 0) is 25.5 Å². The monoisotopic (exact) mass is 225 g/mol. The molecule has 4 heteroatoms.